The number of alkyl halides is 3. The third-order valence-corrected chi connectivity index (χ3v) is 8.04. The van der Waals surface area contributed by atoms with Crippen LogP contribution >= 0.6 is 28.6 Å². The van der Waals surface area contributed by atoms with Gasteiger partial charge in [-0.2, -0.15) is 13.2 Å². The molecule has 2 nitrogen and oxygen atoms in total. The van der Waals surface area contributed by atoms with E-state index < -0.39 is 17.4 Å². The summed E-state index contributed by atoms with van der Waals surface area (Å²) in [7, 11) is 0. The van der Waals surface area contributed by atoms with Crippen LogP contribution in [0.4, 0.5) is 13.2 Å². The van der Waals surface area contributed by atoms with E-state index in [0.717, 1.165) is 17.5 Å². The fourth-order valence-corrected chi connectivity index (χ4v) is 5.69. The quantitative estimate of drug-likeness (QED) is 0.317. The Morgan fingerprint density at radius 2 is 1.86 bits per heavy atom. The largest absolute Gasteiger partial charge is 0.457 e. The van der Waals surface area contributed by atoms with Crippen LogP contribution in [0.1, 0.15) is 6.92 Å². The fourth-order valence-electron chi connectivity index (χ4n) is 1.39. The molecule has 0 aliphatic rings. The second kappa shape index (κ2) is 9.42. The zero-order valence-corrected chi connectivity index (χ0v) is 15.6. The van der Waals surface area contributed by atoms with Crippen LogP contribution in [0.15, 0.2) is 29.2 Å². The average molecular weight is 390 g/mol. The summed E-state index contributed by atoms with van der Waals surface area (Å²) >= 11 is 7.76. The van der Waals surface area contributed by atoms with Crippen LogP contribution in [-0.2, 0) is 16.5 Å². The highest BCUT2D eigenvalue weighted by molar-refractivity contribution is 8.69. The van der Waals surface area contributed by atoms with Crippen molar-refractivity contribution in [3.63, 3.8) is 0 Å². The summed E-state index contributed by atoms with van der Waals surface area (Å²) in [5.74, 6) is 0.457. The lowest BCUT2D eigenvalue weighted by Crippen LogP contribution is -2.10. The highest BCUT2D eigenvalue weighted by Gasteiger charge is 2.27. The second-order valence-corrected chi connectivity index (χ2v) is 13.4. The van der Waals surface area contributed by atoms with E-state index in [1.807, 2.05) is 13.6 Å². The third-order valence-electron chi connectivity index (χ3n) is 2.26. The van der Waals surface area contributed by atoms with Gasteiger partial charge in [-0.3, -0.25) is 0 Å². The van der Waals surface area contributed by atoms with E-state index in [9.17, 15) is 13.2 Å². The van der Waals surface area contributed by atoms with Gasteiger partial charge in [0.2, 0.25) is 0 Å². The summed E-state index contributed by atoms with van der Waals surface area (Å²) in [5.41, 5.74) is -2.03. The van der Waals surface area contributed by atoms with Crippen molar-refractivity contribution in [3.05, 3.63) is 24.3 Å². The molecule has 9 heteroatoms. The topological polar surface area (TPSA) is 18.5 Å². The van der Waals surface area contributed by atoms with Gasteiger partial charge in [-0.1, -0.05) is 11.4 Å². The Balaban J connectivity index is 2.47. The molecule has 1 unspecified atom stereocenters. The number of thioether (sulfide) groups is 1. The van der Waals surface area contributed by atoms with Gasteiger partial charge in [-0.25, -0.2) is 0 Å². The van der Waals surface area contributed by atoms with Crippen LogP contribution in [-0.4, -0.2) is 37.6 Å². The molecule has 0 N–H and O–H groups in total. The van der Waals surface area contributed by atoms with Gasteiger partial charge in [0, 0.05) is 23.9 Å². The zero-order valence-electron chi connectivity index (χ0n) is 12.3. The van der Waals surface area contributed by atoms with Gasteiger partial charge in [0.25, 0.3) is 0 Å². The standard InChI is InChI=1S/C13H18F3O2PS3/c1-3-17-8-9-22-19(2,20)18-11-4-6-12(7-5-11)21-10-13(14,15)16/h4-7H,3,8-10H2,1-2H3. The number of halogens is 3. The lowest BCUT2D eigenvalue weighted by atomic mass is 10.3. The molecule has 0 aliphatic heterocycles. The summed E-state index contributed by atoms with van der Waals surface area (Å²) in [4.78, 5) is 0.554. The molecule has 126 valence electrons. The third kappa shape index (κ3) is 9.30. The van der Waals surface area contributed by atoms with E-state index in [1.165, 1.54) is 0 Å². The van der Waals surface area contributed by atoms with Gasteiger partial charge in [0.15, 0.2) is 5.47 Å². The fraction of sp³-hybridized carbons (Fsp3) is 0.538. The average Bonchev–Trinajstić information content (AvgIpc) is 2.42. The predicted octanol–water partition coefficient (Wildman–Crippen LogP) is 5.43. The summed E-state index contributed by atoms with van der Waals surface area (Å²) in [6.07, 6.45) is -4.16. The van der Waals surface area contributed by atoms with Crippen LogP contribution in [0.25, 0.3) is 0 Å². The lowest BCUT2D eigenvalue weighted by Gasteiger charge is -2.18. The van der Waals surface area contributed by atoms with Crippen LogP contribution in [0.5, 0.6) is 5.75 Å². The van der Waals surface area contributed by atoms with Crippen LogP contribution in [0.2, 0.25) is 0 Å². The monoisotopic (exact) mass is 390 g/mol. The molecule has 0 fully saturated rings. The molecular weight excluding hydrogens is 372 g/mol. The van der Waals surface area contributed by atoms with Gasteiger partial charge in [-0.05, 0) is 43.0 Å². The molecular formula is C13H18F3O2PS3. The van der Waals surface area contributed by atoms with Gasteiger partial charge in [0.05, 0.1) is 12.4 Å². The smallest absolute Gasteiger partial charge is 0.398 e. The molecule has 1 aromatic carbocycles. The van der Waals surface area contributed by atoms with E-state index in [4.69, 9.17) is 21.1 Å². The first-order chi connectivity index (χ1) is 10.2. The Kier molecular flexibility index (Phi) is 8.64. The number of rotatable bonds is 9. The van der Waals surface area contributed by atoms with Gasteiger partial charge >= 0.3 is 6.18 Å². The molecule has 1 aromatic rings. The van der Waals surface area contributed by atoms with Crippen molar-refractivity contribution in [1.82, 2.24) is 0 Å². The minimum absolute atomic E-state index is 0.554. The molecule has 0 bridgehead atoms. The molecule has 0 heterocycles. The van der Waals surface area contributed by atoms with Crippen molar-refractivity contribution in [3.8, 4) is 5.75 Å². The molecule has 0 aliphatic carbocycles. The first-order valence-corrected chi connectivity index (χ1v) is 12.3. The minimum Gasteiger partial charge on any atom is -0.457 e. The van der Waals surface area contributed by atoms with E-state index in [1.54, 1.807) is 35.6 Å². The maximum absolute atomic E-state index is 12.1. The Hall–Kier alpha value is 0.120. The second-order valence-electron chi connectivity index (χ2n) is 4.27. The summed E-state index contributed by atoms with van der Waals surface area (Å²) in [6.45, 7) is 5.11. The molecule has 1 rings (SSSR count). The van der Waals surface area contributed by atoms with Crippen molar-refractivity contribution in [2.45, 2.75) is 18.0 Å². The molecule has 0 saturated carbocycles. The highest BCUT2D eigenvalue weighted by atomic mass is 32.9. The van der Waals surface area contributed by atoms with Gasteiger partial charge in [-0.15, -0.1) is 11.8 Å². The zero-order chi connectivity index (χ0) is 16.6. The number of hydrogen-bond acceptors (Lipinski definition) is 5. The Morgan fingerprint density at radius 1 is 1.23 bits per heavy atom. The molecule has 1 atom stereocenters. The van der Waals surface area contributed by atoms with E-state index in [0.29, 0.717) is 23.9 Å². The van der Waals surface area contributed by atoms with Gasteiger partial charge < -0.3 is 9.26 Å². The summed E-state index contributed by atoms with van der Waals surface area (Å²) in [5, 5.41) is 0. The number of hydrogen-bond donors (Lipinski definition) is 0. The first-order valence-electron chi connectivity index (χ1n) is 6.51. The van der Waals surface area contributed by atoms with Crippen molar-refractivity contribution < 1.29 is 22.4 Å². The molecule has 0 amide bonds. The number of ether oxygens (including phenoxy) is 1. The minimum atomic E-state index is -4.16. The Labute approximate surface area is 142 Å². The predicted molar refractivity (Wildman–Crippen MR) is 93.0 cm³/mol. The van der Waals surface area contributed by atoms with E-state index in [-0.39, 0.29) is 0 Å². The summed E-state index contributed by atoms with van der Waals surface area (Å²) < 4.78 is 47.5. The lowest BCUT2D eigenvalue weighted by molar-refractivity contribution is -0.105. The molecule has 0 radical (unpaired) electrons. The number of benzene rings is 1. The highest BCUT2D eigenvalue weighted by Crippen LogP contribution is 2.56. The van der Waals surface area contributed by atoms with Crippen molar-refractivity contribution in [2.24, 2.45) is 0 Å². The maximum atomic E-state index is 12.1. The first kappa shape index (κ1) is 20.2. The van der Waals surface area contributed by atoms with Gasteiger partial charge in [0.1, 0.15) is 5.75 Å². The van der Waals surface area contributed by atoms with Crippen molar-refractivity contribution in [2.75, 3.05) is 31.4 Å². The van der Waals surface area contributed by atoms with E-state index in [2.05, 4.69) is 0 Å². The SMILES string of the molecule is CCOCCSP(C)(=S)Oc1ccc(SCC(F)(F)F)cc1. The maximum Gasteiger partial charge on any atom is 0.398 e. The molecule has 22 heavy (non-hydrogen) atoms. The molecule has 0 saturated heterocycles. The Morgan fingerprint density at radius 3 is 2.41 bits per heavy atom. The molecule has 0 aromatic heterocycles. The van der Waals surface area contributed by atoms with Crippen LogP contribution in [0, 0.1) is 0 Å². The van der Waals surface area contributed by atoms with Crippen LogP contribution in [0.3, 0.4) is 0 Å². The van der Waals surface area contributed by atoms with Crippen LogP contribution < -0.4 is 4.52 Å². The normalized spacial score (nSPS) is 14.6. The summed E-state index contributed by atoms with van der Waals surface area (Å²) in [6, 6.07) is 6.55. The van der Waals surface area contributed by atoms with E-state index >= 15 is 0 Å². The van der Waals surface area contributed by atoms with Crippen molar-refractivity contribution in [1.29, 1.82) is 0 Å². The molecule has 0 spiro atoms. The van der Waals surface area contributed by atoms with Crippen molar-refractivity contribution >= 4 is 40.4 Å². The Bertz CT molecular complexity index is 494.